The van der Waals surface area contributed by atoms with E-state index in [0.29, 0.717) is 0 Å². The molecule has 0 N–H and O–H groups in total. The predicted octanol–water partition coefficient (Wildman–Crippen LogP) is 2.65. The number of rotatable bonds is 1. The van der Waals surface area contributed by atoms with Crippen LogP contribution >= 0.6 is 0 Å². The number of aromatic nitrogens is 1. The molecule has 1 aromatic heterocycles. The van der Waals surface area contributed by atoms with Crippen molar-refractivity contribution in [1.82, 2.24) is 4.57 Å². The van der Waals surface area contributed by atoms with Crippen molar-refractivity contribution in [3.63, 3.8) is 0 Å². The molecule has 1 atom stereocenters. The van der Waals surface area contributed by atoms with Gasteiger partial charge in [0.15, 0.2) is 11.7 Å². The van der Waals surface area contributed by atoms with Gasteiger partial charge in [-0.1, -0.05) is 18.2 Å². The van der Waals surface area contributed by atoms with E-state index in [0.717, 1.165) is 16.6 Å². The molecule has 0 saturated carbocycles. The van der Waals surface area contributed by atoms with E-state index in [9.17, 15) is 9.59 Å². The minimum Gasteiger partial charge on any atom is -0.459 e. The molecule has 0 bridgehead atoms. The zero-order valence-corrected chi connectivity index (χ0v) is 11.8. The first kappa shape index (κ1) is 12.9. The highest BCUT2D eigenvalue weighted by Gasteiger charge is 2.40. The zero-order chi connectivity index (χ0) is 14.5. The van der Waals surface area contributed by atoms with Crippen LogP contribution in [0.2, 0.25) is 0 Å². The lowest BCUT2D eigenvalue weighted by Crippen LogP contribution is -2.29. The number of carbonyl (C=O) groups is 2. The fourth-order valence-electron chi connectivity index (χ4n) is 2.67. The van der Waals surface area contributed by atoms with Gasteiger partial charge in [-0.3, -0.25) is 9.59 Å². The van der Waals surface area contributed by atoms with Gasteiger partial charge in [0.2, 0.25) is 0 Å². The first-order valence-electron chi connectivity index (χ1n) is 6.70. The van der Waals surface area contributed by atoms with Crippen LogP contribution in [0.5, 0.6) is 0 Å². The fourth-order valence-corrected chi connectivity index (χ4v) is 2.67. The van der Waals surface area contributed by atoms with E-state index >= 15 is 0 Å². The third-order valence-corrected chi connectivity index (χ3v) is 3.42. The van der Waals surface area contributed by atoms with E-state index in [1.807, 2.05) is 34.9 Å². The van der Waals surface area contributed by atoms with E-state index in [1.54, 1.807) is 20.8 Å². The summed E-state index contributed by atoms with van der Waals surface area (Å²) in [5, 5.41) is 1.04. The van der Waals surface area contributed by atoms with E-state index in [2.05, 4.69) is 0 Å². The summed E-state index contributed by atoms with van der Waals surface area (Å²) < 4.78 is 7.28. The molecule has 1 unspecified atom stereocenters. The van der Waals surface area contributed by atoms with Crippen LogP contribution in [-0.4, -0.2) is 21.9 Å². The molecule has 0 radical (unpaired) electrons. The maximum Gasteiger partial charge on any atom is 0.323 e. The summed E-state index contributed by atoms with van der Waals surface area (Å²) >= 11 is 0. The second kappa shape index (κ2) is 4.20. The van der Waals surface area contributed by atoms with Crippen molar-refractivity contribution in [2.24, 2.45) is 0 Å². The Bertz CT molecular complexity index is 706. The highest BCUT2D eigenvalue weighted by Crippen LogP contribution is 2.33. The summed E-state index contributed by atoms with van der Waals surface area (Å²) in [6.07, 6.45) is 0. The molecule has 3 rings (SSSR count). The summed E-state index contributed by atoms with van der Waals surface area (Å²) in [7, 11) is 0. The number of hydrogen-bond acceptors (Lipinski definition) is 3. The maximum atomic E-state index is 12.3. The van der Waals surface area contributed by atoms with Gasteiger partial charge in [-0.15, -0.1) is 0 Å². The van der Waals surface area contributed by atoms with Crippen LogP contribution in [0.1, 0.15) is 32.4 Å². The van der Waals surface area contributed by atoms with Gasteiger partial charge in [0.25, 0.3) is 0 Å². The Morgan fingerprint density at radius 3 is 2.70 bits per heavy atom. The normalized spacial score (nSPS) is 18.4. The van der Waals surface area contributed by atoms with Crippen LogP contribution in [0.25, 0.3) is 10.9 Å². The second-order valence-electron chi connectivity index (χ2n) is 6.15. The Labute approximate surface area is 117 Å². The van der Waals surface area contributed by atoms with E-state index in [-0.39, 0.29) is 12.3 Å². The molecule has 0 aliphatic carbocycles. The lowest BCUT2D eigenvalue weighted by atomic mass is 10.0. The van der Waals surface area contributed by atoms with Crippen molar-refractivity contribution < 1.29 is 14.3 Å². The Hall–Kier alpha value is -2.10. The van der Waals surface area contributed by atoms with Crippen molar-refractivity contribution in [3.8, 4) is 0 Å². The number of para-hydroxylation sites is 1. The molecular weight excluding hydrogens is 254 g/mol. The van der Waals surface area contributed by atoms with E-state index < -0.39 is 17.5 Å². The lowest BCUT2D eigenvalue weighted by Gasteiger charge is -2.21. The average molecular weight is 271 g/mol. The van der Waals surface area contributed by atoms with Gasteiger partial charge in [-0.05, 0) is 38.3 Å². The summed E-state index contributed by atoms with van der Waals surface area (Å²) in [6.45, 7) is 5.66. The van der Waals surface area contributed by atoms with Gasteiger partial charge < -0.3 is 9.30 Å². The largest absolute Gasteiger partial charge is 0.459 e. The summed E-state index contributed by atoms with van der Waals surface area (Å²) in [5.41, 5.74) is 1.14. The van der Waals surface area contributed by atoms with Crippen molar-refractivity contribution in [1.29, 1.82) is 0 Å². The number of esters is 1. The van der Waals surface area contributed by atoms with Gasteiger partial charge in [0.05, 0.1) is 6.54 Å². The Morgan fingerprint density at radius 1 is 1.30 bits per heavy atom. The van der Waals surface area contributed by atoms with Gasteiger partial charge in [0.1, 0.15) is 5.60 Å². The quantitative estimate of drug-likeness (QED) is 0.592. The van der Waals surface area contributed by atoms with Crippen molar-refractivity contribution in [2.75, 3.05) is 0 Å². The van der Waals surface area contributed by atoms with Crippen LogP contribution in [0.4, 0.5) is 0 Å². The van der Waals surface area contributed by atoms with E-state index in [1.165, 1.54) is 0 Å². The molecule has 0 spiro atoms. The monoisotopic (exact) mass is 271 g/mol. The minimum atomic E-state index is -0.790. The molecular formula is C16H17NO3. The number of hydrogen-bond donors (Lipinski definition) is 0. The van der Waals surface area contributed by atoms with Crippen LogP contribution < -0.4 is 0 Å². The van der Waals surface area contributed by atoms with Crippen molar-refractivity contribution in [3.05, 3.63) is 36.0 Å². The third-order valence-electron chi connectivity index (χ3n) is 3.42. The number of Topliss-reactive ketones (excluding diaryl/α,β-unsaturated/α-hetero) is 1. The molecule has 1 aliphatic heterocycles. The van der Waals surface area contributed by atoms with Crippen LogP contribution in [0.3, 0.4) is 0 Å². The first-order valence-corrected chi connectivity index (χ1v) is 6.70. The molecule has 1 aliphatic rings. The van der Waals surface area contributed by atoms with Crippen LogP contribution in [0, 0.1) is 0 Å². The summed E-state index contributed by atoms with van der Waals surface area (Å²) in [6, 6.07) is 9.74. The van der Waals surface area contributed by atoms with Gasteiger partial charge in [-0.2, -0.15) is 0 Å². The van der Waals surface area contributed by atoms with Crippen LogP contribution in [0.15, 0.2) is 30.3 Å². The summed E-state index contributed by atoms with van der Waals surface area (Å²) in [5.74, 6) is -1.34. The highest BCUT2D eigenvalue weighted by atomic mass is 16.6. The standard InChI is InChI=1S/C16H17NO3/c1-16(2,3)20-15(19)14-12-8-10-6-4-5-7-11(10)17(12)9-13(14)18/h4-8,14H,9H2,1-3H3. The van der Waals surface area contributed by atoms with Gasteiger partial charge in [0, 0.05) is 11.2 Å². The number of benzene rings is 1. The number of fused-ring (bicyclic) bond motifs is 3. The second-order valence-corrected chi connectivity index (χ2v) is 6.15. The topological polar surface area (TPSA) is 48.3 Å². The third kappa shape index (κ3) is 2.01. The molecule has 2 aromatic rings. The molecule has 104 valence electrons. The predicted molar refractivity (Wildman–Crippen MR) is 75.5 cm³/mol. The maximum absolute atomic E-state index is 12.3. The number of ether oxygens (including phenoxy) is 1. The van der Waals surface area contributed by atoms with Crippen LogP contribution in [-0.2, 0) is 20.9 Å². The molecule has 1 aromatic carbocycles. The van der Waals surface area contributed by atoms with Crippen molar-refractivity contribution >= 4 is 22.7 Å². The van der Waals surface area contributed by atoms with Gasteiger partial charge >= 0.3 is 5.97 Å². The minimum absolute atomic E-state index is 0.0972. The molecule has 2 heterocycles. The smallest absolute Gasteiger partial charge is 0.323 e. The molecule has 20 heavy (non-hydrogen) atoms. The van der Waals surface area contributed by atoms with Gasteiger partial charge in [-0.25, -0.2) is 0 Å². The number of carbonyl (C=O) groups excluding carboxylic acids is 2. The molecule has 0 fully saturated rings. The molecule has 4 nitrogen and oxygen atoms in total. The zero-order valence-electron chi connectivity index (χ0n) is 11.8. The average Bonchev–Trinajstić information content (AvgIpc) is 2.81. The first-order chi connectivity index (χ1) is 9.37. The highest BCUT2D eigenvalue weighted by molar-refractivity contribution is 6.08. The molecule has 4 heteroatoms. The Balaban J connectivity index is 2.03. The number of ketones is 1. The Morgan fingerprint density at radius 2 is 2.00 bits per heavy atom. The Kier molecular flexibility index (Phi) is 2.71. The SMILES string of the molecule is CC(C)(C)OC(=O)C1C(=O)Cn2c1cc1ccccc12. The number of nitrogens with zero attached hydrogens (tertiary/aromatic N) is 1. The lowest BCUT2D eigenvalue weighted by molar-refractivity contribution is -0.158. The summed E-state index contributed by atoms with van der Waals surface area (Å²) in [4.78, 5) is 24.4. The fraction of sp³-hybridized carbons (Fsp3) is 0.375. The molecule has 0 amide bonds. The van der Waals surface area contributed by atoms with E-state index in [4.69, 9.17) is 4.74 Å². The van der Waals surface area contributed by atoms with Crippen molar-refractivity contribution in [2.45, 2.75) is 38.8 Å². The molecule has 0 saturated heterocycles.